The van der Waals surface area contributed by atoms with Gasteiger partial charge >= 0.3 is 0 Å². The zero-order valence-electron chi connectivity index (χ0n) is 17.7. The van der Waals surface area contributed by atoms with Crippen LogP contribution in [0.15, 0.2) is 92.4 Å². The van der Waals surface area contributed by atoms with Crippen LogP contribution in [0.3, 0.4) is 0 Å². The van der Waals surface area contributed by atoms with Crippen molar-refractivity contribution in [2.24, 2.45) is 0 Å². The standard InChI is InChI=1S/C26H30S2/c1-25(2,3)19-7-11-21(12-8-19)27-23-15-17-24(18-16-23)28-22-13-9-20(10-14-22)26(4,5)6/h7-18H,1-6H3. The molecular weight excluding hydrogens is 376 g/mol. The monoisotopic (exact) mass is 406 g/mol. The summed E-state index contributed by atoms with van der Waals surface area (Å²) in [6, 6.07) is 26.7. The van der Waals surface area contributed by atoms with Crippen molar-refractivity contribution >= 4 is 23.5 Å². The highest BCUT2D eigenvalue weighted by atomic mass is 32.2. The van der Waals surface area contributed by atoms with Crippen LogP contribution in [0.4, 0.5) is 0 Å². The van der Waals surface area contributed by atoms with Crippen LogP contribution in [0.1, 0.15) is 52.7 Å². The molecule has 0 aliphatic rings. The van der Waals surface area contributed by atoms with E-state index in [0.29, 0.717) is 0 Å². The Labute approximate surface area is 179 Å². The van der Waals surface area contributed by atoms with Crippen LogP contribution in [-0.2, 0) is 10.8 Å². The van der Waals surface area contributed by atoms with Crippen molar-refractivity contribution in [3.05, 3.63) is 83.9 Å². The average Bonchev–Trinajstić information content (AvgIpc) is 2.63. The molecule has 0 saturated carbocycles. The molecule has 0 saturated heterocycles. The lowest BCUT2D eigenvalue weighted by Crippen LogP contribution is -2.10. The molecular formula is C26H30S2. The summed E-state index contributed by atoms with van der Waals surface area (Å²) in [5.74, 6) is 0. The number of hydrogen-bond acceptors (Lipinski definition) is 2. The third-order valence-corrected chi connectivity index (χ3v) is 6.77. The third-order valence-electron chi connectivity index (χ3n) is 4.74. The molecule has 0 atom stereocenters. The van der Waals surface area contributed by atoms with E-state index in [1.165, 1.54) is 30.7 Å². The van der Waals surface area contributed by atoms with Crippen molar-refractivity contribution in [1.29, 1.82) is 0 Å². The second-order valence-electron chi connectivity index (χ2n) is 9.22. The van der Waals surface area contributed by atoms with Crippen LogP contribution in [0.5, 0.6) is 0 Å². The van der Waals surface area contributed by atoms with Gasteiger partial charge in [0, 0.05) is 19.6 Å². The molecule has 0 N–H and O–H groups in total. The van der Waals surface area contributed by atoms with Gasteiger partial charge < -0.3 is 0 Å². The summed E-state index contributed by atoms with van der Waals surface area (Å²) in [6.45, 7) is 13.5. The molecule has 0 fully saturated rings. The van der Waals surface area contributed by atoms with E-state index < -0.39 is 0 Å². The van der Waals surface area contributed by atoms with Gasteiger partial charge in [-0.1, -0.05) is 89.3 Å². The lowest BCUT2D eigenvalue weighted by molar-refractivity contribution is 0.589. The largest absolute Gasteiger partial charge is 0.0901 e. The SMILES string of the molecule is CC(C)(C)c1ccc(Sc2ccc(Sc3ccc(C(C)(C)C)cc3)cc2)cc1. The first-order valence-electron chi connectivity index (χ1n) is 9.78. The molecule has 0 amide bonds. The molecule has 3 rings (SSSR count). The number of hydrogen-bond donors (Lipinski definition) is 0. The summed E-state index contributed by atoms with van der Waals surface area (Å²) in [6.07, 6.45) is 0. The third kappa shape index (κ3) is 5.68. The van der Waals surface area contributed by atoms with Crippen LogP contribution >= 0.6 is 23.5 Å². The van der Waals surface area contributed by atoms with E-state index in [1.54, 1.807) is 0 Å². The fourth-order valence-corrected chi connectivity index (χ4v) is 4.53. The van der Waals surface area contributed by atoms with Crippen molar-refractivity contribution in [2.45, 2.75) is 72.0 Å². The Morgan fingerprint density at radius 2 is 0.607 bits per heavy atom. The summed E-state index contributed by atoms with van der Waals surface area (Å²) >= 11 is 3.63. The lowest BCUT2D eigenvalue weighted by Gasteiger charge is -2.19. The summed E-state index contributed by atoms with van der Waals surface area (Å²) in [5.41, 5.74) is 3.16. The Bertz CT molecular complexity index is 813. The Hall–Kier alpha value is -1.64. The molecule has 0 aliphatic carbocycles. The van der Waals surface area contributed by atoms with Gasteiger partial charge in [0.2, 0.25) is 0 Å². The van der Waals surface area contributed by atoms with Gasteiger partial charge in [-0.15, -0.1) is 0 Å². The minimum absolute atomic E-state index is 0.202. The van der Waals surface area contributed by atoms with Gasteiger partial charge in [0.25, 0.3) is 0 Å². The van der Waals surface area contributed by atoms with E-state index in [2.05, 4.69) is 114 Å². The minimum atomic E-state index is 0.202. The molecule has 3 aromatic carbocycles. The fraction of sp³-hybridized carbons (Fsp3) is 0.308. The number of benzene rings is 3. The van der Waals surface area contributed by atoms with Crippen LogP contribution in [0.2, 0.25) is 0 Å². The molecule has 0 radical (unpaired) electrons. The van der Waals surface area contributed by atoms with E-state index in [4.69, 9.17) is 0 Å². The maximum atomic E-state index is 2.25. The topological polar surface area (TPSA) is 0 Å². The highest BCUT2D eigenvalue weighted by molar-refractivity contribution is 7.99. The van der Waals surface area contributed by atoms with Crippen molar-refractivity contribution in [2.75, 3.05) is 0 Å². The average molecular weight is 407 g/mol. The van der Waals surface area contributed by atoms with Crippen LogP contribution in [0.25, 0.3) is 0 Å². The van der Waals surface area contributed by atoms with Crippen LogP contribution in [0, 0.1) is 0 Å². The molecule has 146 valence electrons. The second kappa shape index (κ2) is 8.39. The van der Waals surface area contributed by atoms with E-state index in [-0.39, 0.29) is 10.8 Å². The summed E-state index contributed by atoms with van der Waals surface area (Å²) in [5, 5.41) is 0. The predicted molar refractivity (Wildman–Crippen MR) is 125 cm³/mol. The first-order chi connectivity index (χ1) is 13.1. The summed E-state index contributed by atoms with van der Waals surface area (Å²) < 4.78 is 0. The second-order valence-corrected chi connectivity index (χ2v) is 11.5. The van der Waals surface area contributed by atoms with Crippen molar-refractivity contribution in [3.8, 4) is 0 Å². The van der Waals surface area contributed by atoms with E-state index in [1.807, 2.05) is 23.5 Å². The minimum Gasteiger partial charge on any atom is -0.0901 e. The van der Waals surface area contributed by atoms with E-state index in [0.717, 1.165) is 0 Å². The Morgan fingerprint density at radius 3 is 0.821 bits per heavy atom. The number of rotatable bonds is 4. The molecule has 0 bridgehead atoms. The zero-order chi connectivity index (χ0) is 20.4. The quantitative estimate of drug-likeness (QED) is 0.425. The van der Waals surface area contributed by atoms with Gasteiger partial charge in [0.1, 0.15) is 0 Å². The van der Waals surface area contributed by atoms with Gasteiger partial charge in [0.05, 0.1) is 0 Å². The Balaban J connectivity index is 1.63. The molecule has 28 heavy (non-hydrogen) atoms. The molecule has 0 aromatic heterocycles. The zero-order valence-corrected chi connectivity index (χ0v) is 19.4. The summed E-state index contributed by atoms with van der Waals surface area (Å²) in [7, 11) is 0. The van der Waals surface area contributed by atoms with Gasteiger partial charge in [-0.25, -0.2) is 0 Å². The van der Waals surface area contributed by atoms with Crippen molar-refractivity contribution in [3.63, 3.8) is 0 Å². The highest BCUT2D eigenvalue weighted by Gasteiger charge is 2.14. The predicted octanol–water partition coefficient (Wildman–Crippen LogP) is 8.58. The van der Waals surface area contributed by atoms with Gasteiger partial charge in [0.15, 0.2) is 0 Å². The normalized spacial score (nSPS) is 12.2. The van der Waals surface area contributed by atoms with Gasteiger partial charge in [-0.2, -0.15) is 0 Å². The van der Waals surface area contributed by atoms with Gasteiger partial charge in [-0.3, -0.25) is 0 Å². The first-order valence-corrected chi connectivity index (χ1v) is 11.4. The highest BCUT2D eigenvalue weighted by Crippen LogP contribution is 2.34. The Morgan fingerprint density at radius 1 is 0.393 bits per heavy atom. The molecule has 3 aromatic rings. The molecule has 0 aliphatic heterocycles. The van der Waals surface area contributed by atoms with Crippen molar-refractivity contribution in [1.82, 2.24) is 0 Å². The molecule has 0 nitrogen and oxygen atoms in total. The lowest BCUT2D eigenvalue weighted by atomic mass is 9.87. The maximum absolute atomic E-state index is 2.25. The molecule has 0 spiro atoms. The first kappa shape index (κ1) is 21.1. The van der Waals surface area contributed by atoms with Crippen LogP contribution in [-0.4, -0.2) is 0 Å². The van der Waals surface area contributed by atoms with E-state index in [9.17, 15) is 0 Å². The maximum Gasteiger partial charge on any atom is 0.0123 e. The van der Waals surface area contributed by atoms with Crippen LogP contribution < -0.4 is 0 Å². The van der Waals surface area contributed by atoms with E-state index >= 15 is 0 Å². The molecule has 0 unspecified atom stereocenters. The smallest absolute Gasteiger partial charge is 0.0123 e. The summed E-state index contributed by atoms with van der Waals surface area (Å²) in [4.78, 5) is 5.12. The van der Waals surface area contributed by atoms with Crippen molar-refractivity contribution < 1.29 is 0 Å². The molecule has 0 heterocycles. The fourth-order valence-electron chi connectivity index (χ4n) is 2.89. The molecule has 2 heteroatoms. The Kier molecular flexibility index (Phi) is 6.31. The van der Waals surface area contributed by atoms with Gasteiger partial charge in [-0.05, 0) is 70.5 Å².